The molecule has 0 aromatic heterocycles. The summed E-state index contributed by atoms with van der Waals surface area (Å²) in [5, 5.41) is 0. The van der Waals surface area contributed by atoms with Gasteiger partial charge in [-0.05, 0) is 45.2 Å². The fraction of sp³-hybridized carbons (Fsp3) is 0.579. The average molecular weight is 378 g/mol. The van der Waals surface area contributed by atoms with E-state index in [2.05, 4.69) is 0 Å². The second-order valence-corrected chi connectivity index (χ2v) is 9.84. The van der Waals surface area contributed by atoms with E-state index in [4.69, 9.17) is 0 Å². The summed E-state index contributed by atoms with van der Waals surface area (Å²) in [4.78, 5) is 29.6. The van der Waals surface area contributed by atoms with E-state index in [1.165, 1.54) is 0 Å². The van der Waals surface area contributed by atoms with Crippen LogP contribution in [-0.4, -0.2) is 55.8 Å². The van der Waals surface area contributed by atoms with Crippen LogP contribution in [0.25, 0.3) is 0 Å². The summed E-state index contributed by atoms with van der Waals surface area (Å²) in [6, 6.07) is 7.40. The van der Waals surface area contributed by atoms with Gasteiger partial charge in [0, 0.05) is 24.8 Å². The van der Waals surface area contributed by atoms with Gasteiger partial charge in [0.1, 0.15) is 5.41 Å². The molecule has 142 valence electrons. The number of amides is 2. The van der Waals surface area contributed by atoms with Crippen molar-refractivity contribution in [3.63, 3.8) is 0 Å². The summed E-state index contributed by atoms with van der Waals surface area (Å²) in [7, 11) is -3.09. The Labute approximate surface area is 155 Å². The first-order valence-corrected chi connectivity index (χ1v) is 10.9. The summed E-state index contributed by atoms with van der Waals surface area (Å²) in [5.41, 5.74) is 0.739. The molecule has 1 fully saturated rings. The highest BCUT2D eigenvalue weighted by molar-refractivity contribution is 7.91. The van der Waals surface area contributed by atoms with Crippen molar-refractivity contribution in [2.24, 2.45) is 5.41 Å². The molecule has 0 aliphatic carbocycles. The van der Waals surface area contributed by atoms with E-state index in [0.29, 0.717) is 19.5 Å². The molecule has 26 heavy (non-hydrogen) atoms. The van der Waals surface area contributed by atoms with Crippen molar-refractivity contribution in [3.8, 4) is 0 Å². The van der Waals surface area contributed by atoms with Crippen LogP contribution in [0.4, 0.5) is 5.69 Å². The van der Waals surface area contributed by atoms with E-state index < -0.39 is 15.3 Å². The smallest absolute Gasteiger partial charge is 0.242 e. The Morgan fingerprint density at radius 1 is 1.27 bits per heavy atom. The summed E-state index contributed by atoms with van der Waals surface area (Å²) < 4.78 is 23.6. The molecule has 1 aromatic rings. The molecule has 1 saturated heterocycles. The lowest BCUT2D eigenvalue weighted by Crippen LogP contribution is -2.53. The Hall–Kier alpha value is -1.89. The first-order chi connectivity index (χ1) is 12.2. The van der Waals surface area contributed by atoms with E-state index in [-0.39, 0.29) is 29.4 Å². The Morgan fingerprint density at radius 3 is 2.58 bits per heavy atom. The van der Waals surface area contributed by atoms with Gasteiger partial charge in [-0.3, -0.25) is 9.59 Å². The highest BCUT2D eigenvalue weighted by atomic mass is 32.2. The quantitative estimate of drug-likeness (QED) is 0.747. The predicted molar refractivity (Wildman–Crippen MR) is 101 cm³/mol. The zero-order valence-electron chi connectivity index (χ0n) is 15.6. The van der Waals surface area contributed by atoms with Crippen LogP contribution in [0.3, 0.4) is 0 Å². The zero-order valence-corrected chi connectivity index (χ0v) is 16.4. The first kappa shape index (κ1) is 18.9. The molecule has 1 unspecified atom stereocenters. The van der Waals surface area contributed by atoms with Gasteiger partial charge in [-0.1, -0.05) is 18.2 Å². The summed E-state index contributed by atoms with van der Waals surface area (Å²) in [6.45, 7) is 6.08. The van der Waals surface area contributed by atoms with Crippen LogP contribution in [0.2, 0.25) is 0 Å². The van der Waals surface area contributed by atoms with E-state index in [9.17, 15) is 18.0 Å². The van der Waals surface area contributed by atoms with Crippen molar-refractivity contribution in [2.45, 2.75) is 39.7 Å². The maximum absolute atomic E-state index is 13.2. The summed E-state index contributed by atoms with van der Waals surface area (Å²) in [5.74, 6) is -0.429. The Balaban J connectivity index is 1.82. The third-order valence-electron chi connectivity index (χ3n) is 5.45. The summed E-state index contributed by atoms with van der Waals surface area (Å²) >= 11 is 0. The van der Waals surface area contributed by atoms with Gasteiger partial charge < -0.3 is 9.80 Å². The lowest BCUT2D eigenvalue weighted by Gasteiger charge is -2.36. The second-order valence-electron chi connectivity index (χ2n) is 7.61. The Bertz CT molecular complexity index is 832. The van der Waals surface area contributed by atoms with Crippen LogP contribution < -0.4 is 4.90 Å². The molecule has 2 aliphatic heterocycles. The molecular formula is C19H26N2O4S. The molecular weight excluding hydrogens is 352 g/mol. The number of fused-ring (bicyclic) bond motifs is 1. The van der Waals surface area contributed by atoms with Crippen LogP contribution in [0.1, 0.15) is 32.8 Å². The van der Waals surface area contributed by atoms with Crippen molar-refractivity contribution in [2.75, 3.05) is 29.5 Å². The van der Waals surface area contributed by atoms with Crippen LogP contribution in [0, 0.1) is 5.41 Å². The number of carbonyl (C=O) groups is 2. The molecule has 1 atom stereocenters. The van der Waals surface area contributed by atoms with Gasteiger partial charge in [0.25, 0.3) is 0 Å². The van der Waals surface area contributed by atoms with Crippen molar-refractivity contribution in [1.82, 2.24) is 4.90 Å². The van der Waals surface area contributed by atoms with Gasteiger partial charge in [-0.25, -0.2) is 8.42 Å². The Morgan fingerprint density at radius 2 is 1.96 bits per heavy atom. The zero-order chi connectivity index (χ0) is 19.1. The number of benzene rings is 1. The number of hydrogen-bond donors (Lipinski definition) is 0. The van der Waals surface area contributed by atoms with Crippen molar-refractivity contribution in [1.29, 1.82) is 0 Å². The maximum Gasteiger partial charge on any atom is 0.242 e. The molecule has 0 bridgehead atoms. The van der Waals surface area contributed by atoms with Gasteiger partial charge >= 0.3 is 0 Å². The highest BCUT2D eigenvalue weighted by Crippen LogP contribution is 2.33. The van der Waals surface area contributed by atoms with Gasteiger partial charge in [-0.2, -0.15) is 0 Å². The van der Waals surface area contributed by atoms with Crippen molar-refractivity contribution >= 4 is 27.3 Å². The van der Waals surface area contributed by atoms with Crippen molar-refractivity contribution < 1.29 is 18.0 Å². The number of anilines is 1. The highest BCUT2D eigenvalue weighted by Gasteiger charge is 2.46. The van der Waals surface area contributed by atoms with Gasteiger partial charge in [0.05, 0.1) is 11.5 Å². The number of carbonyl (C=O) groups excluding carboxylic acids is 2. The molecule has 2 aliphatic rings. The molecule has 2 heterocycles. The molecule has 0 spiro atoms. The number of hydrogen-bond acceptors (Lipinski definition) is 4. The average Bonchev–Trinajstić information content (AvgIpc) is 3.18. The van der Waals surface area contributed by atoms with E-state index in [0.717, 1.165) is 17.7 Å². The minimum Gasteiger partial charge on any atom is -0.338 e. The largest absolute Gasteiger partial charge is 0.338 e. The molecule has 3 rings (SSSR count). The molecule has 1 aromatic carbocycles. The standard InChI is InChI=1S/C19H26N2O4S/c1-4-20(15-10-12-26(24,25)13-15)17(22)19(2,3)18(23)21-11-9-14-7-5-6-8-16(14)21/h5-8,15H,4,9-13H2,1-3H3. The lowest BCUT2D eigenvalue weighted by atomic mass is 9.88. The minimum atomic E-state index is -3.09. The fourth-order valence-electron chi connectivity index (χ4n) is 3.93. The maximum atomic E-state index is 13.2. The summed E-state index contributed by atoms with van der Waals surface area (Å²) in [6.07, 6.45) is 1.23. The monoisotopic (exact) mass is 378 g/mol. The fourth-order valence-corrected chi connectivity index (χ4v) is 5.66. The Kier molecular flexibility index (Phi) is 4.86. The normalized spacial score (nSPS) is 21.5. The molecule has 2 amide bonds. The second kappa shape index (κ2) is 6.68. The third kappa shape index (κ3) is 3.24. The predicted octanol–water partition coefficient (Wildman–Crippen LogP) is 1.64. The number of rotatable bonds is 4. The molecule has 6 nitrogen and oxygen atoms in total. The first-order valence-electron chi connectivity index (χ1n) is 9.08. The third-order valence-corrected chi connectivity index (χ3v) is 7.20. The van der Waals surface area contributed by atoms with Gasteiger partial charge in [0.15, 0.2) is 9.84 Å². The van der Waals surface area contributed by atoms with E-state index >= 15 is 0 Å². The van der Waals surface area contributed by atoms with Crippen LogP contribution in [0.5, 0.6) is 0 Å². The van der Waals surface area contributed by atoms with E-state index in [1.807, 2.05) is 31.2 Å². The van der Waals surface area contributed by atoms with Crippen LogP contribution in [-0.2, 0) is 25.8 Å². The topological polar surface area (TPSA) is 74.8 Å². The number of sulfone groups is 1. The molecule has 0 radical (unpaired) electrons. The minimum absolute atomic E-state index is 0.0105. The number of para-hydroxylation sites is 1. The van der Waals surface area contributed by atoms with Crippen LogP contribution >= 0.6 is 0 Å². The molecule has 0 N–H and O–H groups in total. The molecule has 0 saturated carbocycles. The van der Waals surface area contributed by atoms with Gasteiger partial charge in [0.2, 0.25) is 11.8 Å². The van der Waals surface area contributed by atoms with Gasteiger partial charge in [-0.15, -0.1) is 0 Å². The van der Waals surface area contributed by atoms with E-state index in [1.54, 1.807) is 23.6 Å². The molecule has 7 heteroatoms. The van der Waals surface area contributed by atoms with Crippen LogP contribution in [0.15, 0.2) is 24.3 Å². The number of nitrogens with zero attached hydrogens (tertiary/aromatic N) is 2. The van der Waals surface area contributed by atoms with Crippen molar-refractivity contribution in [3.05, 3.63) is 29.8 Å². The SMILES string of the molecule is CCN(C(=O)C(C)(C)C(=O)N1CCc2ccccc21)C1CCS(=O)(=O)C1. The lowest BCUT2D eigenvalue weighted by molar-refractivity contribution is -0.148.